The molecule has 1 N–H and O–H groups in total. The van der Waals surface area contributed by atoms with E-state index in [9.17, 15) is 4.79 Å². The van der Waals surface area contributed by atoms with Gasteiger partial charge in [-0.2, -0.15) is 0 Å². The van der Waals surface area contributed by atoms with Gasteiger partial charge in [-0.25, -0.2) is 0 Å². The number of ether oxygens (including phenoxy) is 1. The van der Waals surface area contributed by atoms with E-state index in [1.54, 1.807) is 19.4 Å². The monoisotopic (exact) mass is 406 g/mol. The van der Waals surface area contributed by atoms with Crippen LogP contribution in [0.15, 0.2) is 67.0 Å². The summed E-state index contributed by atoms with van der Waals surface area (Å²) < 4.78 is 5.24. The number of pyridine rings is 1. The number of benzene rings is 1. The van der Waals surface area contributed by atoms with Gasteiger partial charge >= 0.3 is 0 Å². The number of unbranched alkanes of at least 4 members (excludes halogenated alkanes) is 1. The second-order valence-corrected chi connectivity index (χ2v) is 7.55. The molecular weight excluding hydrogens is 372 g/mol. The lowest BCUT2D eigenvalue weighted by atomic mass is 9.99. The van der Waals surface area contributed by atoms with Crippen LogP contribution < -0.4 is 10.1 Å². The Morgan fingerprint density at radius 2 is 2.00 bits per heavy atom. The fraction of sp³-hybridized carbons (Fsp3) is 0.385. The molecule has 2 rings (SSSR count). The lowest BCUT2D eigenvalue weighted by Crippen LogP contribution is -2.31. The molecule has 0 unspecified atom stereocenters. The van der Waals surface area contributed by atoms with Crippen LogP contribution in [-0.4, -0.2) is 24.0 Å². The largest absolute Gasteiger partial charge is 0.497 e. The first-order valence-corrected chi connectivity index (χ1v) is 10.8. The van der Waals surface area contributed by atoms with E-state index in [4.69, 9.17) is 4.74 Å². The van der Waals surface area contributed by atoms with Crippen molar-refractivity contribution in [3.05, 3.63) is 78.1 Å². The van der Waals surface area contributed by atoms with Gasteiger partial charge in [-0.1, -0.05) is 43.7 Å². The molecule has 0 bridgehead atoms. The Labute approximate surface area is 181 Å². The molecule has 0 fully saturated rings. The zero-order valence-electron chi connectivity index (χ0n) is 18.4. The molecule has 1 amide bonds. The highest BCUT2D eigenvalue weighted by atomic mass is 16.5. The average Bonchev–Trinajstić information content (AvgIpc) is 2.77. The van der Waals surface area contributed by atoms with Crippen molar-refractivity contribution in [3.8, 4) is 5.75 Å². The van der Waals surface area contributed by atoms with Crippen LogP contribution in [-0.2, 0) is 11.2 Å². The molecule has 2 aromatic rings. The zero-order valence-corrected chi connectivity index (χ0v) is 18.4. The number of amides is 1. The molecule has 1 atom stereocenters. The summed E-state index contributed by atoms with van der Waals surface area (Å²) in [6.07, 6.45) is 15.4. The first kappa shape index (κ1) is 23.4. The minimum atomic E-state index is -0.0512. The Hall–Kier alpha value is -2.88. The van der Waals surface area contributed by atoms with Gasteiger partial charge in [0.2, 0.25) is 5.91 Å². The number of allylic oxidation sites excluding steroid dienone is 3. The summed E-state index contributed by atoms with van der Waals surface area (Å²) in [5, 5.41) is 3.05. The van der Waals surface area contributed by atoms with E-state index in [-0.39, 0.29) is 11.9 Å². The van der Waals surface area contributed by atoms with E-state index in [1.165, 1.54) is 11.1 Å². The Morgan fingerprint density at radius 3 is 2.67 bits per heavy atom. The van der Waals surface area contributed by atoms with Gasteiger partial charge in [0.05, 0.1) is 7.11 Å². The second kappa shape index (κ2) is 13.4. The molecule has 160 valence electrons. The number of hydrogen-bond donors (Lipinski definition) is 1. The third kappa shape index (κ3) is 8.64. The average molecular weight is 407 g/mol. The van der Waals surface area contributed by atoms with Gasteiger partial charge < -0.3 is 10.1 Å². The van der Waals surface area contributed by atoms with E-state index < -0.39 is 0 Å². The highest BCUT2D eigenvalue weighted by molar-refractivity contribution is 5.88. The molecule has 1 aromatic carbocycles. The van der Waals surface area contributed by atoms with Crippen molar-refractivity contribution in [1.29, 1.82) is 0 Å². The van der Waals surface area contributed by atoms with E-state index in [0.29, 0.717) is 0 Å². The van der Waals surface area contributed by atoms with Crippen LogP contribution in [0, 0.1) is 0 Å². The van der Waals surface area contributed by atoms with Crippen molar-refractivity contribution in [2.24, 2.45) is 0 Å². The molecule has 4 heteroatoms. The molecule has 0 radical (unpaired) electrons. The van der Waals surface area contributed by atoms with Gasteiger partial charge in [0, 0.05) is 24.5 Å². The van der Waals surface area contributed by atoms with Crippen LogP contribution in [0.1, 0.15) is 57.1 Å². The molecule has 0 aliphatic rings. The summed E-state index contributed by atoms with van der Waals surface area (Å²) in [5.74, 6) is 0.797. The number of aryl methyl sites for hydroxylation is 1. The standard InChI is InChI=1S/C26H34N2O2/c1-4-5-12-23(24-15-17-25(30-3)18-16-24)13-7-14-26(29)28-21(2)9-6-10-22-11-8-19-27-20-22/h7-8,11,13-21H,4-6,9-10,12H2,1-3H3,(H,28,29)/b14-7+,23-13-/t21-/m1/s1. The summed E-state index contributed by atoms with van der Waals surface area (Å²) in [7, 11) is 1.67. The number of carbonyl (C=O) groups excluding carboxylic acids is 1. The maximum Gasteiger partial charge on any atom is 0.244 e. The first-order valence-electron chi connectivity index (χ1n) is 10.8. The van der Waals surface area contributed by atoms with Crippen LogP contribution in [0.3, 0.4) is 0 Å². The molecule has 4 nitrogen and oxygen atoms in total. The number of carbonyl (C=O) groups is 1. The number of nitrogens with zero attached hydrogens (tertiary/aromatic N) is 1. The third-order valence-corrected chi connectivity index (χ3v) is 5.02. The fourth-order valence-electron chi connectivity index (χ4n) is 3.27. The summed E-state index contributed by atoms with van der Waals surface area (Å²) in [5.41, 5.74) is 3.63. The molecule has 0 aliphatic carbocycles. The minimum absolute atomic E-state index is 0.0512. The van der Waals surface area contributed by atoms with Crippen LogP contribution in [0.2, 0.25) is 0 Å². The number of hydrogen-bond acceptors (Lipinski definition) is 3. The maximum atomic E-state index is 12.2. The van der Waals surface area contributed by atoms with Crippen LogP contribution in [0.25, 0.3) is 5.57 Å². The molecule has 0 spiro atoms. The van der Waals surface area contributed by atoms with Gasteiger partial charge in [-0.15, -0.1) is 0 Å². The Balaban J connectivity index is 1.85. The van der Waals surface area contributed by atoms with E-state index in [0.717, 1.165) is 49.8 Å². The molecule has 0 saturated carbocycles. The Kier molecular flexibility index (Phi) is 10.4. The molecule has 1 aromatic heterocycles. The van der Waals surface area contributed by atoms with E-state index in [1.807, 2.05) is 36.5 Å². The van der Waals surface area contributed by atoms with Crippen LogP contribution in [0.4, 0.5) is 0 Å². The van der Waals surface area contributed by atoms with Crippen molar-refractivity contribution < 1.29 is 9.53 Å². The van der Waals surface area contributed by atoms with Gasteiger partial charge in [0.1, 0.15) is 5.75 Å². The van der Waals surface area contributed by atoms with Crippen LogP contribution in [0.5, 0.6) is 5.75 Å². The van der Waals surface area contributed by atoms with Gasteiger partial charge in [-0.3, -0.25) is 9.78 Å². The van der Waals surface area contributed by atoms with Crippen molar-refractivity contribution >= 4 is 11.5 Å². The van der Waals surface area contributed by atoms with Crippen LogP contribution >= 0.6 is 0 Å². The third-order valence-electron chi connectivity index (χ3n) is 5.02. The summed E-state index contributed by atoms with van der Waals surface area (Å²) in [6, 6.07) is 12.3. The smallest absolute Gasteiger partial charge is 0.244 e. The van der Waals surface area contributed by atoms with Gasteiger partial charge in [0.25, 0.3) is 0 Å². The molecule has 1 heterocycles. The maximum absolute atomic E-state index is 12.2. The van der Waals surface area contributed by atoms with Gasteiger partial charge in [-0.05, 0) is 73.9 Å². The number of rotatable bonds is 12. The summed E-state index contributed by atoms with van der Waals surface area (Å²) in [6.45, 7) is 4.24. The van der Waals surface area contributed by atoms with Crippen molar-refractivity contribution in [2.75, 3.05) is 7.11 Å². The SMILES string of the molecule is CCCC/C(=C/C=C/C(=O)N[C@H](C)CCCc1cccnc1)c1ccc(OC)cc1. The summed E-state index contributed by atoms with van der Waals surface area (Å²) in [4.78, 5) is 16.4. The first-order chi connectivity index (χ1) is 14.6. The van der Waals surface area contributed by atoms with Crippen molar-refractivity contribution in [1.82, 2.24) is 10.3 Å². The lowest BCUT2D eigenvalue weighted by molar-refractivity contribution is -0.117. The number of nitrogens with one attached hydrogen (secondary N) is 1. The minimum Gasteiger partial charge on any atom is -0.497 e. The van der Waals surface area contributed by atoms with E-state index in [2.05, 4.69) is 42.3 Å². The van der Waals surface area contributed by atoms with Crippen molar-refractivity contribution in [3.63, 3.8) is 0 Å². The lowest BCUT2D eigenvalue weighted by Gasteiger charge is -2.12. The summed E-state index contributed by atoms with van der Waals surface area (Å²) >= 11 is 0. The second-order valence-electron chi connectivity index (χ2n) is 7.55. The zero-order chi connectivity index (χ0) is 21.6. The molecule has 0 aliphatic heterocycles. The highest BCUT2D eigenvalue weighted by Gasteiger charge is 2.05. The van der Waals surface area contributed by atoms with Crippen molar-refractivity contribution in [2.45, 2.75) is 58.4 Å². The van der Waals surface area contributed by atoms with E-state index >= 15 is 0 Å². The molecule has 30 heavy (non-hydrogen) atoms. The normalized spacial score (nSPS) is 12.7. The topological polar surface area (TPSA) is 51.2 Å². The predicted octanol–water partition coefficient (Wildman–Crippen LogP) is 5.75. The molecular formula is C26H34N2O2. The molecule has 0 saturated heterocycles. The highest BCUT2D eigenvalue weighted by Crippen LogP contribution is 2.23. The quantitative estimate of drug-likeness (QED) is 0.361. The number of methoxy groups -OCH3 is 1. The predicted molar refractivity (Wildman–Crippen MR) is 124 cm³/mol. The Bertz CT molecular complexity index is 811. The van der Waals surface area contributed by atoms with Gasteiger partial charge in [0.15, 0.2) is 0 Å². The fourth-order valence-corrected chi connectivity index (χ4v) is 3.27. The Morgan fingerprint density at radius 1 is 1.20 bits per heavy atom. The number of aromatic nitrogens is 1.